The normalized spacial score (nSPS) is 11.6. The van der Waals surface area contributed by atoms with Crippen molar-refractivity contribution in [1.29, 1.82) is 0 Å². The van der Waals surface area contributed by atoms with Gasteiger partial charge in [-0.05, 0) is 30.5 Å². The lowest BCUT2D eigenvalue weighted by Gasteiger charge is -2.21. The molecule has 0 saturated carbocycles. The average molecular weight is 418 g/mol. The Kier molecular flexibility index (Phi) is 7.43. The molecule has 1 aromatic heterocycles. The Balaban J connectivity index is 2.27. The molecule has 0 radical (unpaired) electrons. The van der Waals surface area contributed by atoms with Crippen molar-refractivity contribution in [3.8, 4) is 0 Å². The quantitative estimate of drug-likeness (QED) is 0.670. The second-order valence-electron chi connectivity index (χ2n) is 8.07. The number of nitrogen functional groups attached to an aromatic ring is 1. The summed E-state index contributed by atoms with van der Waals surface area (Å²) in [6, 6.07) is 8.52. The number of esters is 1. The first kappa shape index (κ1) is 22.9. The minimum Gasteiger partial charge on any atom is -0.462 e. The number of nitrogens with one attached hydrogen (secondary N) is 1. The zero-order valence-corrected chi connectivity index (χ0v) is 18.9. The van der Waals surface area contributed by atoms with Gasteiger partial charge in [-0.1, -0.05) is 45.0 Å². The average Bonchev–Trinajstić information content (AvgIpc) is 2.96. The SMILES string of the molecule is CCOC(=O)c1c(N)sc(C(=O)NC)c1CN(C)Cc1ccc(C(C)(C)C)cc1. The van der Waals surface area contributed by atoms with Crippen LogP contribution in [0.15, 0.2) is 24.3 Å². The highest BCUT2D eigenvalue weighted by atomic mass is 32.1. The van der Waals surface area contributed by atoms with Gasteiger partial charge in [-0.3, -0.25) is 9.69 Å². The number of anilines is 1. The highest BCUT2D eigenvalue weighted by Gasteiger charge is 2.27. The third kappa shape index (κ3) is 5.58. The molecule has 158 valence electrons. The van der Waals surface area contributed by atoms with Crippen LogP contribution in [-0.4, -0.2) is 37.5 Å². The number of hydrogen-bond donors (Lipinski definition) is 2. The number of hydrogen-bond acceptors (Lipinski definition) is 6. The zero-order valence-electron chi connectivity index (χ0n) is 18.1. The van der Waals surface area contributed by atoms with E-state index in [1.807, 2.05) is 7.05 Å². The molecule has 6 nitrogen and oxygen atoms in total. The van der Waals surface area contributed by atoms with Gasteiger partial charge in [0.15, 0.2) is 0 Å². The van der Waals surface area contributed by atoms with E-state index in [0.717, 1.165) is 16.9 Å². The molecular weight excluding hydrogens is 386 g/mol. The van der Waals surface area contributed by atoms with Crippen LogP contribution >= 0.6 is 11.3 Å². The first-order chi connectivity index (χ1) is 13.6. The maximum atomic E-state index is 12.4. The summed E-state index contributed by atoms with van der Waals surface area (Å²) in [5, 5.41) is 2.93. The van der Waals surface area contributed by atoms with E-state index in [2.05, 4.69) is 55.3 Å². The van der Waals surface area contributed by atoms with E-state index < -0.39 is 5.97 Å². The number of rotatable bonds is 7. The molecule has 2 rings (SSSR count). The van der Waals surface area contributed by atoms with Gasteiger partial charge in [-0.25, -0.2) is 4.79 Å². The van der Waals surface area contributed by atoms with Gasteiger partial charge in [0.1, 0.15) is 5.00 Å². The Labute approximate surface area is 177 Å². The lowest BCUT2D eigenvalue weighted by molar-refractivity contribution is 0.0526. The molecule has 1 amide bonds. The molecule has 1 heterocycles. The summed E-state index contributed by atoms with van der Waals surface area (Å²) >= 11 is 1.12. The summed E-state index contributed by atoms with van der Waals surface area (Å²) in [6.45, 7) is 9.64. The van der Waals surface area contributed by atoms with E-state index >= 15 is 0 Å². The molecular formula is C22H31N3O3S. The molecule has 0 fully saturated rings. The molecule has 0 atom stereocenters. The number of nitrogens with zero attached hydrogens (tertiary/aromatic N) is 1. The fraction of sp³-hybridized carbons (Fsp3) is 0.455. The van der Waals surface area contributed by atoms with Gasteiger partial charge in [0.2, 0.25) is 0 Å². The van der Waals surface area contributed by atoms with Crippen molar-refractivity contribution in [2.75, 3.05) is 26.4 Å². The number of carbonyl (C=O) groups is 2. The van der Waals surface area contributed by atoms with Crippen molar-refractivity contribution < 1.29 is 14.3 Å². The molecule has 3 N–H and O–H groups in total. The highest BCUT2D eigenvalue weighted by molar-refractivity contribution is 7.18. The van der Waals surface area contributed by atoms with E-state index in [-0.39, 0.29) is 17.9 Å². The van der Waals surface area contributed by atoms with E-state index in [9.17, 15) is 9.59 Å². The third-order valence-electron chi connectivity index (χ3n) is 4.65. The summed E-state index contributed by atoms with van der Waals surface area (Å²) in [6.07, 6.45) is 0. The monoisotopic (exact) mass is 417 g/mol. The standard InChI is InChI=1S/C22H31N3O3S/c1-7-28-21(27)17-16(18(20(26)24-5)29-19(17)23)13-25(6)12-14-8-10-15(11-9-14)22(2,3)4/h8-11H,7,12-13,23H2,1-6H3,(H,24,26). The van der Waals surface area contributed by atoms with Crippen LogP contribution in [0.25, 0.3) is 0 Å². The van der Waals surface area contributed by atoms with Crippen LogP contribution in [-0.2, 0) is 23.2 Å². The number of ether oxygens (including phenoxy) is 1. The largest absolute Gasteiger partial charge is 0.462 e. The molecule has 0 aliphatic carbocycles. The number of thiophene rings is 1. The second-order valence-corrected chi connectivity index (χ2v) is 9.12. The Morgan fingerprint density at radius 2 is 1.79 bits per heavy atom. The maximum absolute atomic E-state index is 12.4. The van der Waals surface area contributed by atoms with Crippen molar-refractivity contribution in [3.05, 3.63) is 51.4 Å². The fourth-order valence-corrected chi connectivity index (χ4v) is 4.12. The summed E-state index contributed by atoms with van der Waals surface area (Å²) in [4.78, 5) is 27.3. The minimum atomic E-state index is -0.491. The van der Waals surface area contributed by atoms with E-state index in [1.165, 1.54) is 5.56 Å². The van der Waals surface area contributed by atoms with Crippen LogP contribution in [0, 0.1) is 0 Å². The van der Waals surface area contributed by atoms with E-state index in [1.54, 1.807) is 14.0 Å². The van der Waals surface area contributed by atoms with Gasteiger partial charge >= 0.3 is 5.97 Å². The van der Waals surface area contributed by atoms with Gasteiger partial charge in [0.25, 0.3) is 5.91 Å². The van der Waals surface area contributed by atoms with Crippen LogP contribution < -0.4 is 11.1 Å². The lowest BCUT2D eigenvalue weighted by Crippen LogP contribution is -2.23. The molecule has 0 unspecified atom stereocenters. The van der Waals surface area contributed by atoms with Gasteiger partial charge in [0.05, 0.1) is 17.0 Å². The Morgan fingerprint density at radius 3 is 2.31 bits per heavy atom. The molecule has 29 heavy (non-hydrogen) atoms. The van der Waals surface area contributed by atoms with Crippen LogP contribution in [0.3, 0.4) is 0 Å². The second kappa shape index (κ2) is 9.41. The van der Waals surface area contributed by atoms with Crippen LogP contribution in [0.5, 0.6) is 0 Å². The zero-order chi connectivity index (χ0) is 21.8. The Morgan fingerprint density at radius 1 is 1.17 bits per heavy atom. The Bertz CT molecular complexity index is 867. The van der Waals surface area contributed by atoms with Crippen molar-refractivity contribution in [3.63, 3.8) is 0 Å². The topological polar surface area (TPSA) is 84.7 Å². The summed E-state index contributed by atoms with van der Waals surface area (Å²) < 4.78 is 5.16. The van der Waals surface area contributed by atoms with Gasteiger partial charge in [-0.15, -0.1) is 11.3 Å². The first-order valence-corrected chi connectivity index (χ1v) is 10.5. The molecule has 0 saturated heterocycles. The minimum absolute atomic E-state index is 0.107. The fourth-order valence-electron chi connectivity index (χ4n) is 3.11. The van der Waals surface area contributed by atoms with Crippen molar-refractivity contribution in [2.24, 2.45) is 0 Å². The first-order valence-electron chi connectivity index (χ1n) is 9.66. The van der Waals surface area contributed by atoms with Gasteiger partial charge in [-0.2, -0.15) is 0 Å². The lowest BCUT2D eigenvalue weighted by atomic mass is 9.87. The van der Waals surface area contributed by atoms with Crippen LogP contribution in [0.4, 0.5) is 5.00 Å². The summed E-state index contributed by atoms with van der Waals surface area (Å²) in [5.41, 5.74) is 9.52. The summed E-state index contributed by atoms with van der Waals surface area (Å²) in [7, 11) is 3.51. The van der Waals surface area contributed by atoms with Crippen molar-refractivity contribution in [2.45, 2.75) is 46.2 Å². The predicted molar refractivity (Wildman–Crippen MR) is 118 cm³/mol. The molecule has 0 spiro atoms. The molecule has 0 aliphatic rings. The summed E-state index contributed by atoms with van der Waals surface area (Å²) in [5.74, 6) is -0.746. The molecule has 1 aromatic carbocycles. The smallest absolute Gasteiger partial charge is 0.341 e. The highest BCUT2D eigenvalue weighted by Crippen LogP contribution is 2.33. The number of benzene rings is 1. The Hall–Kier alpha value is -2.38. The van der Waals surface area contributed by atoms with Gasteiger partial charge in [0, 0.05) is 25.7 Å². The number of carbonyl (C=O) groups excluding carboxylic acids is 2. The third-order valence-corrected chi connectivity index (χ3v) is 5.71. The number of nitrogens with two attached hydrogens (primary N) is 1. The molecule has 0 bridgehead atoms. The predicted octanol–water partition coefficient (Wildman–Crippen LogP) is 3.80. The van der Waals surface area contributed by atoms with E-state index in [0.29, 0.717) is 34.1 Å². The van der Waals surface area contributed by atoms with Gasteiger partial charge < -0.3 is 15.8 Å². The van der Waals surface area contributed by atoms with Crippen molar-refractivity contribution >= 4 is 28.2 Å². The van der Waals surface area contributed by atoms with Crippen LogP contribution in [0.2, 0.25) is 0 Å². The maximum Gasteiger partial charge on any atom is 0.341 e. The molecule has 0 aliphatic heterocycles. The van der Waals surface area contributed by atoms with Crippen molar-refractivity contribution in [1.82, 2.24) is 10.2 Å². The van der Waals surface area contributed by atoms with E-state index in [4.69, 9.17) is 10.5 Å². The molecule has 7 heteroatoms. The number of amides is 1. The molecule has 2 aromatic rings. The van der Waals surface area contributed by atoms with Crippen LogP contribution in [0.1, 0.15) is 64.4 Å².